The highest BCUT2D eigenvalue weighted by Crippen LogP contribution is 2.42. The number of alkyl halides is 1. The molecule has 10 heteroatoms. The molecule has 2 aromatic carbocycles. The van der Waals surface area contributed by atoms with E-state index in [4.69, 9.17) is 9.72 Å². The largest absolute Gasteiger partial charge is 0.508 e. The van der Waals surface area contributed by atoms with Crippen LogP contribution in [0.25, 0.3) is 32.9 Å². The first-order valence-corrected chi connectivity index (χ1v) is 14.4. The van der Waals surface area contributed by atoms with Crippen molar-refractivity contribution in [2.24, 2.45) is 0 Å². The van der Waals surface area contributed by atoms with Crippen LogP contribution in [0.4, 0.5) is 19.0 Å². The molecule has 3 aliphatic heterocycles. The molecule has 0 radical (unpaired) electrons. The minimum Gasteiger partial charge on any atom is -0.508 e. The number of phenolic OH excluding ortho intramolecular Hbond substituents is 1. The van der Waals surface area contributed by atoms with Gasteiger partial charge in [-0.1, -0.05) is 13.0 Å². The number of aromatic hydroxyl groups is 1. The van der Waals surface area contributed by atoms with Gasteiger partial charge in [0.15, 0.2) is 5.82 Å². The van der Waals surface area contributed by atoms with Crippen molar-refractivity contribution in [2.45, 2.75) is 57.2 Å². The van der Waals surface area contributed by atoms with Crippen molar-refractivity contribution in [3.8, 4) is 23.0 Å². The maximum absolute atomic E-state index is 16.5. The third-order valence-corrected chi connectivity index (χ3v) is 9.04. The fourth-order valence-corrected chi connectivity index (χ4v) is 7.12. The summed E-state index contributed by atoms with van der Waals surface area (Å²) in [6.45, 7) is 4.84. The molecular formula is C31H32F3N5O2. The number of phenols is 1. The molecular weight excluding hydrogens is 531 g/mol. The number of hydrogen-bond donors (Lipinski definition) is 1. The standard InChI is InChI=1S/C31H32F3N5O2/c1-2-21-24(33)7-6-18-12-20(40)13-22(25(18)21)27-26(34)28-23(15-35-27)29(38-9-3-4-10-38)37-30(36-28)41-17-31-8-5-11-39(31)16-19(32)14-31/h6-7,12-13,15,19,40H,2-5,8-11,14,16-17H2,1H3/t19-,31+/m1/s1. The number of fused-ring (bicyclic) bond motifs is 3. The minimum absolute atomic E-state index is 0.0349. The molecule has 4 aromatic rings. The summed E-state index contributed by atoms with van der Waals surface area (Å²) in [7, 11) is 0. The Bertz CT molecular complexity index is 1660. The van der Waals surface area contributed by atoms with Gasteiger partial charge in [-0.3, -0.25) is 9.88 Å². The van der Waals surface area contributed by atoms with E-state index in [1.807, 2.05) is 6.92 Å². The van der Waals surface area contributed by atoms with Crippen molar-refractivity contribution in [1.29, 1.82) is 0 Å². The second kappa shape index (κ2) is 10.0. The van der Waals surface area contributed by atoms with Crippen LogP contribution in [0.3, 0.4) is 0 Å². The van der Waals surface area contributed by atoms with Crippen LogP contribution in [-0.4, -0.2) is 69.5 Å². The molecule has 1 N–H and O–H groups in total. The summed E-state index contributed by atoms with van der Waals surface area (Å²) in [5.41, 5.74) is 0.330. The minimum atomic E-state index is -0.891. The molecule has 0 spiro atoms. The van der Waals surface area contributed by atoms with E-state index < -0.39 is 23.3 Å². The van der Waals surface area contributed by atoms with Crippen molar-refractivity contribution >= 4 is 27.5 Å². The molecule has 3 saturated heterocycles. The van der Waals surface area contributed by atoms with Gasteiger partial charge in [-0.15, -0.1) is 0 Å². The van der Waals surface area contributed by atoms with Crippen LogP contribution >= 0.6 is 0 Å². The first kappa shape index (κ1) is 26.3. The number of anilines is 1. The molecule has 3 aliphatic rings. The van der Waals surface area contributed by atoms with Crippen LogP contribution in [0.2, 0.25) is 0 Å². The van der Waals surface area contributed by atoms with E-state index in [1.165, 1.54) is 18.2 Å². The van der Waals surface area contributed by atoms with Crippen LogP contribution in [0.1, 0.15) is 44.6 Å². The lowest BCUT2D eigenvalue weighted by atomic mass is 9.94. The van der Waals surface area contributed by atoms with Crippen LogP contribution in [0, 0.1) is 11.6 Å². The number of halogens is 3. The SMILES string of the molecule is CCc1c(F)ccc2cc(O)cc(-c3ncc4c(N5CCCC5)nc(OC[C@@]56CCCN5C[C@H](F)C6)nc4c3F)c12. The molecule has 0 aliphatic carbocycles. The van der Waals surface area contributed by atoms with Gasteiger partial charge >= 0.3 is 6.01 Å². The highest BCUT2D eigenvalue weighted by atomic mass is 19.1. The van der Waals surface area contributed by atoms with Crippen molar-refractivity contribution in [3.63, 3.8) is 0 Å². The average molecular weight is 564 g/mol. The van der Waals surface area contributed by atoms with Gasteiger partial charge in [-0.05, 0) is 73.2 Å². The number of ether oxygens (including phenoxy) is 1. The average Bonchev–Trinajstić information content (AvgIpc) is 3.69. The van der Waals surface area contributed by atoms with E-state index in [-0.39, 0.29) is 29.6 Å². The lowest BCUT2D eigenvalue weighted by Gasteiger charge is -2.31. The first-order valence-electron chi connectivity index (χ1n) is 14.4. The normalized spacial score (nSPS) is 22.7. The number of pyridine rings is 1. The number of nitrogens with zero attached hydrogens (tertiary/aromatic N) is 5. The van der Waals surface area contributed by atoms with Gasteiger partial charge in [0, 0.05) is 37.8 Å². The van der Waals surface area contributed by atoms with E-state index in [0.717, 1.165) is 45.3 Å². The Labute approximate surface area is 236 Å². The smallest absolute Gasteiger partial charge is 0.319 e. The summed E-state index contributed by atoms with van der Waals surface area (Å²) in [5, 5.41) is 12.0. The molecule has 214 valence electrons. The molecule has 2 aromatic heterocycles. The van der Waals surface area contributed by atoms with Gasteiger partial charge in [0.2, 0.25) is 0 Å². The quantitative estimate of drug-likeness (QED) is 0.311. The van der Waals surface area contributed by atoms with E-state index in [9.17, 15) is 13.9 Å². The Morgan fingerprint density at radius 2 is 1.93 bits per heavy atom. The van der Waals surface area contributed by atoms with Gasteiger partial charge in [0.05, 0.1) is 10.9 Å². The van der Waals surface area contributed by atoms with Crippen molar-refractivity contribution in [2.75, 3.05) is 37.7 Å². The highest BCUT2D eigenvalue weighted by molar-refractivity contribution is 6.01. The zero-order valence-corrected chi connectivity index (χ0v) is 23.0. The van der Waals surface area contributed by atoms with Gasteiger partial charge in [0.25, 0.3) is 0 Å². The number of benzene rings is 2. The van der Waals surface area contributed by atoms with Crippen LogP contribution in [-0.2, 0) is 6.42 Å². The molecule has 2 atom stereocenters. The molecule has 0 unspecified atom stereocenters. The number of aryl methyl sites for hydroxylation is 1. The second-order valence-electron chi connectivity index (χ2n) is 11.5. The van der Waals surface area contributed by atoms with Gasteiger partial charge in [0.1, 0.15) is 41.4 Å². The van der Waals surface area contributed by atoms with E-state index in [2.05, 4.69) is 19.8 Å². The second-order valence-corrected chi connectivity index (χ2v) is 11.5. The van der Waals surface area contributed by atoms with Crippen LogP contribution in [0.15, 0.2) is 30.5 Å². The lowest BCUT2D eigenvalue weighted by molar-refractivity contribution is 0.107. The summed E-state index contributed by atoms with van der Waals surface area (Å²) in [5.74, 6) is -0.615. The predicted octanol–water partition coefficient (Wildman–Crippen LogP) is 5.95. The Morgan fingerprint density at radius 1 is 1.10 bits per heavy atom. The lowest BCUT2D eigenvalue weighted by Crippen LogP contribution is -2.43. The molecule has 7 nitrogen and oxygen atoms in total. The van der Waals surface area contributed by atoms with E-state index >= 15 is 4.39 Å². The summed E-state index contributed by atoms with van der Waals surface area (Å²) in [6.07, 6.45) is 5.25. The van der Waals surface area contributed by atoms with Gasteiger partial charge in [-0.25, -0.2) is 13.2 Å². The van der Waals surface area contributed by atoms with E-state index in [1.54, 1.807) is 12.3 Å². The van der Waals surface area contributed by atoms with Crippen molar-refractivity contribution in [3.05, 3.63) is 47.7 Å². The summed E-state index contributed by atoms with van der Waals surface area (Å²) in [6, 6.07) is 5.92. The fourth-order valence-electron chi connectivity index (χ4n) is 7.12. The van der Waals surface area contributed by atoms with Crippen molar-refractivity contribution in [1.82, 2.24) is 19.9 Å². The highest BCUT2D eigenvalue weighted by Gasteiger charge is 2.49. The fraction of sp³-hybridized carbons (Fsp3) is 0.452. The van der Waals surface area contributed by atoms with Crippen LogP contribution in [0.5, 0.6) is 11.8 Å². The molecule has 41 heavy (non-hydrogen) atoms. The Kier molecular flexibility index (Phi) is 6.41. The number of rotatable bonds is 6. The molecule has 3 fully saturated rings. The third-order valence-electron chi connectivity index (χ3n) is 9.04. The topological polar surface area (TPSA) is 74.6 Å². The van der Waals surface area contributed by atoms with Gasteiger partial charge in [-0.2, -0.15) is 9.97 Å². The summed E-state index contributed by atoms with van der Waals surface area (Å²) in [4.78, 5) is 18.0. The Balaban J connectivity index is 1.37. The maximum atomic E-state index is 16.5. The Morgan fingerprint density at radius 3 is 2.73 bits per heavy atom. The summed E-state index contributed by atoms with van der Waals surface area (Å²) >= 11 is 0. The maximum Gasteiger partial charge on any atom is 0.319 e. The predicted molar refractivity (Wildman–Crippen MR) is 151 cm³/mol. The molecule has 0 amide bonds. The Hall–Kier alpha value is -3.66. The third kappa shape index (κ3) is 4.34. The monoisotopic (exact) mass is 563 g/mol. The van der Waals surface area contributed by atoms with Gasteiger partial charge < -0.3 is 14.7 Å². The number of aromatic nitrogens is 3. The molecule has 0 saturated carbocycles. The zero-order valence-electron chi connectivity index (χ0n) is 23.0. The first-order chi connectivity index (χ1) is 19.9. The zero-order chi connectivity index (χ0) is 28.3. The van der Waals surface area contributed by atoms with Crippen molar-refractivity contribution < 1.29 is 23.0 Å². The van der Waals surface area contributed by atoms with Crippen LogP contribution < -0.4 is 9.64 Å². The summed E-state index contributed by atoms with van der Waals surface area (Å²) < 4.78 is 51.9. The molecule has 7 rings (SSSR count). The molecule has 0 bridgehead atoms. The van der Waals surface area contributed by atoms with E-state index in [0.29, 0.717) is 52.5 Å². The molecule has 5 heterocycles. The number of hydrogen-bond acceptors (Lipinski definition) is 7.